The molecule has 11 heteroatoms. The molecule has 0 amide bonds. The molecule has 7 aromatic carbocycles. The minimum Gasteiger partial charge on any atom is -0.490 e. The highest BCUT2D eigenvalue weighted by atomic mass is 16.6. The predicted molar refractivity (Wildman–Crippen MR) is 298 cm³/mol. The Balaban J connectivity index is 0.000000185. The van der Waals surface area contributed by atoms with Crippen LogP contribution in [0.2, 0.25) is 0 Å². The molecule has 2 aliphatic rings. The van der Waals surface area contributed by atoms with Crippen LogP contribution in [0.5, 0.6) is 11.5 Å². The number of nitrogens with zero attached hydrogens (tertiary/aromatic N) is 7. The first-order valence-corrected chi connectivity index (χ1v) is 24.1. The molecule has 9 aromatic rings. The molecule has 2 atom stereocenters. The SMILES string of the molecule is C.C.CCN(CC)c1ccc(/C=N/N=C/c2ccc3c(c2)c2ccccc2n3CC)c(OCC2CO2)c1.CCn1c2ccccc2c2cc(/C=N/N=C/c3c(OCC4CO4)ccc4ccccc34)ccc21. The molecular formula is C60H65N7O4. The van der Waals surface area contributed by atoms with Crippen LogP contribution >= 0.6 is 0 Å². The van der Waals surface area contributed by atoms with E-state index < -0.39 is 0 Å². The van der Waals surface area contributed by atoms with Crippen molar-refractivity contribution in [1.82, 2.24) is 9.13 Å². The van der Waals surface area contributed by atoms with Crippen molar-refractivity contribution in [3.05, 3.63) is 162 Å². The Kier molecular flexibility index (Phi) is 16.1. The lowest BCUT2D eigenvalue weighted by Gasteiger charge is -2.22. The summed E-state index contributed by atoms with van der Waals surface area (Å²) in [6.07, 6.45) is 7.54. The third kappa shape index (κ3) is 11.1. The molecule has 0 saturated carbocycles. The standard InChI is InChI=1S/C29H32N4O2.C29H25N3O2.2CH4/c1-4-32(5-2)23-13-12-22(29(16-23)35-20-24-19-34-24)18-31-30-17-21-11-14-28-26(15-21)25-9-7-8-10-27(25)33(28)6-3;1-2-32-27-10-6-5-9-24(27)25-15-20(11-13-28(25)32)16-30-31-17-26-23-8-4-3-7-21(23)12-14-29(26)34-19-22-18-33-22;;/h7-18,24H,4-6,19-20H2,1-3H3;3-17,22H,2,18-19H2,1H3;2*1H4/b30-17+,31-18+;30-16+,31-17+;;. The van der Waals surface area contributed by atoms with Gasteiger partial charge in [-0.05, 0) is 104 Å². The van der Waals surface area contributed by atoms with E-state index in [1.165, 1.54) is 43.6 Å². The first kappa shape index (κ1) is 49.8. The first-order chi connectivity index (χ1) is 34.0. The fourth-order valence-electron chi connectivity index (χ4n) is 9.14. The average molecular weight is 948 g/mol. The normalized spacial score (nSPS) is 15.3. The molecule has 2 fully saturated rings. The first-order valence-electron chi connectivity index (χ1n) is 24.1. The third-order valence-corrected chi connectivity index (χ3v) is 12.9. The highest BCUT2D eigenvalue weighted by molar-refractivity contribution is 6.11. The Labute approximate surface area is 417 Å². The van der Waals surface area contributed by atoms with Crippen LogP contribution in [-0.4, -0.2) is 85.7 Å². The van der Waals surface area contributed by atoms with Gasteiger partial charge in [-0.2, -0.15) is 20.4 Å². The lowest BCUT2D eigenvalue weighted by Crippen LogP contribution is -2.21. The minimum atomic E-state index is 0. The van der Waals surface area contributed by atoms with Crippen LogP contribution in [0.1, 0.15) is 64.8 Å². The van der Waals surface area contributed by atoms with Gasteiger partial charge in [0.25, 0.3) is 0 Å². The van der Waals surface area contributed by atoms with Crippen LogP contribution in [-0.2, 0) is 22.6 Å². The molecule has 0 aliphatic carbocycles. The molecule has 11 rings (SSSR count). The van der Waals surface area contributed by atoms with Gasteiger partial charge in [-0.1, -0.05) is 93.7 Å². The van der Waals surface area contributed by atoms with Crippen LogP contribution in [0, 0.1) is 0 Å². The van der Waals surface area contributed by atoms with Gasteiger partial charge in [0.2, 0.25) is 0 Å². The predicted octanol–water partition coefficient (Wildman–Crippen LogP) is 13.4. The van der Waals surface area contributed by atoms with E-state index in [0.717, 1.165) is 89.6 Å². The molecule has 364 valence electrons. The molecule has 2 unspecified atom stereocenters. The number of epoxide rings is 2. The summed E-state index contributed by atoms with van der Waals surface area (Å²) >= 11 is 0. The molecule has 2 aromatic heterocycles. The highest BCUT2D eigenvalue weighted by Crippen LogP contribution is 2.32. The van der Waals surface area contributed by atoms with Gasteiger partial charge in [-0.15, -0.1) is 0 Å². The summed E-state index contributed by atoms with van der Waals surface area (Å²) in [5.41, 5.74) is 10.0. The third-order valence-electron chi connectivity index (χ3n) is 12.9. The van der Waals surface area contributed by atoms with Crippen molar-refractivity contribution < 1.29 is 18.9 Å². The van der Waals surface area contributed by atoms with Crippen LogP contribution in [0.4, 0.5) is 5.69 Å². The van der Waals surface area contributed by atoms with Gasteiger partial charge < -0.3 is 33.0 Å². The molecule has 0 spiro atoms. The summed E-state index contributed by atoms with van der Waals surface area (Å²) in [6.45, 7) is 15.1. The van der Waals surface area contributed by atoms with Gasteiger partial charge in [-0.25, -0.2) is 0 Å². The Morgan fingerprint density at radius 3 is 1.55 bits per heavy atom. The molecule has 0 bridgehead atoms. The second-order valence-electron chi connectivity index (χ2n) is 17.2. The van der Waals surface area contributed by atoms with E-state index in [0.29, 0.717) is 13.2 Å². The van der Waals surface area contributed by atoms with Crippen LogP contribution in [0.25, 0.3) is 54.4 Å². The number of hydrogen-bond donors (Lipinski definition) is 0. The average Bonchev–Trinajstić information content (AvgIpc) is 4.35. The van der Waals surface area contributed by atoms with Gasteiger partial charge in [0.15, 0.2) is 0 Å². The van der Waals surface area contributed by atoms with E-state index in [4.69, 9.17) is 18.9 Å². The summed E-state index contributed by atoms with van der Waals surface area (Å²) in [7, 11) is 0. The Morgan fingerprint density at radius 2 is 1.00 bits per heavy atom. The Morgan fingerprint density at radius 1 is 0.507 bits per heavy atom. The molecule has 2 saturated heterocycles. The number of para-hydroxylation sites is 2. The van der Waals surface area contributed by atoms with E-state index in [2.05, 4.69) is 177 Å². The van der Waals surface area contributed by atoms with Crippen molar-refractivity contribution in [2.24, 2.45) is 20.4 Å². The maximum atomic E-state index is 6.06. The molecule has 4 heterocycles. The molecule has 0 radical (unpaired) electrons. The fourth-order valence-corrected chi connectivity index (χ4v) is 9.14. The minimum absolute atomic E-state index is 0. The zero-order valence-electron chi connectivity index (χ0n) is 39.7. The summed E-state index contributed by atoms with van der Waals surface area (Å²) in [5, 5.41) is 24.6. The highest BCUT2D eigenvalue weighted by Gasteiger charge is 2.25. The summed E-state index contributed by atoms with van der Waals surface area (Å²) < 4.78 is 27.4. The lowest BCUT2D eigenvalue weighted by molar-refractivity contribution is 0.263. The van der Waals surface area contributed by atoms with Crippen molar-refractivity contribution >= 4 is 84.9 Å². The number of fused-ring (bicyclic) bond motifs is 7. The number of anilines is 1. The number of hydrogen-bond acceptors (Lipinski definition) is 9. The van der Waals surface area contributed by atoms with Crippen molar-refractivity contribution in [1.29, 1.82) is 0 Å². The smallest absolute Gasteiger partial charge is 0.130 e. The second kappa shape index (κ2) is 22.9. The van der Waals surface area contributed by atoms with Crippen LogP contribution in [0.15, 0.2) is 160 Å². The summed E-state index contributed by atoms with van der Waals surface area (Å²) in [5.74, 6) is 1.60. The Bertz CT molecular complexity index is 3390. The summed E-state index contributed by atoms with van der Waals surface area (Å²) in [4.78, 5) is 2.30. The van der Waals surface area contributed by atoms with Gasteiger partial charge >= 0.3 is 0 Å². The largest absolute Gasteiger partial charge is 0.490 e. The van der Waals surface area contributed by atoms with Gasteiger partial charge in [0, 0.05) is 92.7 Å². The maximum Gasteiger partial charge on any atom is 0.130 e. The molecule has 2 aliphatic heterocycles. The number of benzene rings is 7. The van der Waals surface area contributed by atoms with Gasteiger partial charge in [0.05, 0.1) is 38.1 Å². The Hall–Kier alpha value is -7.60. The molecular weight excluding hydrogens is 883 g/mol. The monoisotopic (exact) mass is 948 g/mol. The van der Waals surface area contributed by atoms with E-state index in [-0.39, 0.29) is 27.1 Å². The van der Waals surface area contributed by atoms with Crippen LogP contribution < -0.4 is 14.4 Å². The van der Waals surface area contributed by atoms with Crippen LogP contribution in [0.3, 0.4) is 0 Å². The van der Waals surface area contributed by atoms with E-state index in [1.54, 1.807) is 24.9 Å². The fraction of sp³-hybridized carbons (Fsp3) is 0.267. The van der Waals surface area contributed by atoms with Crippen molar-refractivity contribution in [2.45, 2.75) is 67.8 Å². The molecule has 11 nitrogen and oxygen atoms in total. The number of aromatic nitrogens is 2. The second-order valence-corrected chi connectivity index (χ2v) is 17.2. The van der Waals surface area contributed by atoms with E-state index in [9.17, 15) is 0 Å². The zero-order chi connectivity index (χ0) is 47.1. The zero-order valence-corrected chi connectivity index (χ0v) is 39.7. The van der Waals surface area contributed by atoms with Crippen molar-refractivity contribution in [2.75, 3.05) is 44.4 Å². The quantitative estimate of drug-likeness (QED) is 0.0513. The lowest BCUT2D eigenvalue weighted by atomic mass is 10.0. The van der Waals surface area contributed by atoms with E-state index >= 15 is 0 Å². The number of aryl methyl sites for hydroxylation is 2. The van der Waals surface area contributed by atoms with Gasteiger partial charge in [-0.3, -0.25) is 0 Å². The topological polar surface area (TPSA) is 106 Å². The van der Waals surface area contributed by atoms with E-state index in [1.807, 2.05) is 24.3 Å². The molecule has 71 heavy (non-hydrogen) atoms. The number of ether oxygens (including phenoxy) is 4. The van der Waals surface area contributed by atoms with Crippen molar-refractivity contribution in [3.63, 3.8) is 0 Å². The van der Waals surface area contributed by atoms with Gasteiger partial charge in [0.1, 0.15) is 36.9 Å². The van der Waals surface area contributed by atoms with Crippen molar-refractivity contribution in [3.8, 4) is 11.5 Å². The molecule has 0 N–H and O–H groups in total. The maximum absolute atomic E-state index is 6.06. The number of rotatable bonds is 17. The summed E-state index contributed by atoms with van der Waals surface area (Å²) in [6, 6.07) is 48.5.